The number of hydrogen-bond acceptors (Lipinski definition) is 2. The minimum Gasteiger partial charge on any atom is -0.374 e. The van der Waals surface area contributed by atoms with Gasteiger partial charge in [0, 0.05) is 6.61 Å². The highest BCUT2D eigenvalue weighted by atomic mass is 19.1. The van der Waals surface area contributed by atoms with Gasteiger partial charge in [-0.05, 0) is 63.9 Å². The highest BCUT2D eigenvalue weighted by Crippen LogP contribution is 2.30. The van der Waals surface area contributed by atoms with E-state index in [9.17, 15) is 4.39 Å². The first-order valence-electron chi connectivity index (χ1n) is 7.05. The molecule has 0 saturated carbocycles. The lowest BCUT2D eigenvalue weighted by Crippen LogP contribution is -2.42. The quantitative estimate of drug-likeness (QED) is 0.806. The molecule has 3 heteroatoms. The van der Waals surface area contributed by atoms with Crippen LogP contribution in [0.1, 0.15) is 51.3 Å². The monoisotopic (exact) mass is 267 g/mol. The highest BCUT2D eigenvalue weighted by molar-refractivity contribution is 5.28. The average molecular weight is 267 g/mol. The maximum absolute atomic E-state index is 13.6. The molecule has 0 bridgehead atoms. The van der Waals surface area contributed by atoms with Gasteiger partial charge in [0.15, 0.2) is 0 Å². The predicted molar refractivity (Wildman–Crippen MR) is 77.9 cm³/mol. The van der Waals surface area contributed by atoms with Crippen LogP contribution in [-0.2, 0) is 4.74 Å². The van der Waals surface area contributed by atoms with Gasteiger partial charge in [0.05, 0.1) is 11.6 Å². The summed E-state index contributed by atoms with van der Waals surface area (Å²) in [6, 6.07) is 5.16. The third-order valence-corrected chi connectivity index (χ3v) is 3.21. The highest BCUT2D eigenvalue weighted by Gasteiger charge is 2.31. The van der Waals surface area contributed by atoms with Crippen LogP contribution < -0.4 is 5.32 Å². The van der Waals surface area contributed by atoms with Crippen molar-refractivity contribution in [2.45, 2.75) is 52.7 Å². The van der Waals surface area contributed by atoms with Crippen LogP contribution in [0.5, 0.6) is 0 Å². The third-order valence-electron chi connectivity index (χ3n) is 3.21. The molecule has 1 aromatic carbocycles. The number of aryl methyl sites for hydroxylation is 1. The number of halogens is 1. The molecule has 1 N–H and O–H groups in total. The molecule has 2 nitrogen and oxygen atoms in total. The fourth-order valence-corrected chi connectivity index (χ4v) is 2.44. The SMILES string of the molecule is CCCNC(c1cc(C)cc(F)c1)C(C)(C)OCC. The zero-order valence-corrected chi connectivity index (χ0v) is 12.7. The summed E-state index contributed by atoms with van der Waals surface area (Å²) < 4.78 is 19.5. The topological polar surface area (TPSA) is 21.3 Å². The molecule has 0 aliphatic carbocycles. The predicted octanol–water partition coefficient (Wildman–Crippen LogP) is 3.99. The number of ether oxygens (including phenoxy) is 1. The molecule has 1 unspecified atom stereocenters. The van der Waals surface area contributed by atoms with Crippen molar-refractivity contribution in [3.63, 3.8) is 0 Å². The van der Waals surface area contributed by atoms with E-state index in [1.165, 1.54) is 0 Å². The third kappa shape index (κ3) is 4.59. The van der Waals surface area contributed by atoms with Gasteiger partial charge in [-0.15, -0.1) is 0 Å². The lowest BCUT2D eigenvalue weighted by molar-refractivity contribution is -0.0392. The molecule has 0 radical (unpaired) electrons. The van der Waals surface area contributed by atoms with E-state index in [0.717, 1.165) is 24.1 Å². The normalized spacial score (nSPS) is 13.6. The fraction of sp³-hybridized carbons (Fsp3) is 0.625. The smallest absolute Gasteiger partial charge is 0.123 e. The molecule has 1 atom stereocenters. The molecule has 0 aromatic heterocycles. The molecule has 0 spiro atoms. The van der Waals surface area contributed by atoms with E-state index in [1.54, 1.807) is 12.1 Å². The zero-order valence-electron chi connectivity index (χ0n) is 12.7. The van der Waals surface area contributed by atoms with E-state index in [1.807, 2.05) is 33.8 Å². The van der Waals surface area contributed by atoms with E-state index in [2.05, 4.69) is 12.2 Å². The Bertz CT molecular complexity index is 383. The number of rotatable bonds is 7. The summed E-state index contributed by atoms with van der Waals surface area (Å²) in [6.45, 7) is 11.6. The molecule has 0 aliphatic heterocycles. The molecule has 1 aromatic rings. The number of benzene rings is 1. The van der Waals surface area contributed by atoms with E-state index >= 15 is 0 Å². The second-order valence-electron chi connectivity index (χ2n) is 5.49. The van der Waals surface area contributed by atoms with Crippen molar-refractivity contribution >= 4 is 0 Å². The van der Waals surface area contributed by atoms with E-state index in [-0.39, 0.29) is 17.5 Å². The van der Waals surface area contributed by atoms with Crippen LogP contribution in [0.15, 0.2) is 18.2 Å². The second kappa shape index (κ2) is 7.01. The van der Waals surface area contributed by atoms with Crippen molar-refractivity contribution in [3.05, 3.63) is 35.1 Å². The van der Waals surface area contributed by atoms with Crippen LogP contribution in [0.2, 0.25) is 0 Å². The van der Waals surface area contributed by atoms with Crippen LogP contribution in [0.3, 0.4) is 0 Å². The summed E-state index contributed by atoms with van der Waals surface area (Å²) in [7, 11) is 0. The maximum Gasteiger partial charge on any atom is 0.123 e. The first-order valence-corrected chi connectivity index (χ1v) is 7.05. The standard InChI is InChI=1S/C16H26FNO/c1-6-8-18-15(16(4,5)19-7-2)13-9-12(3)10-14(17)11-13/h9-11,15,18H,6-8H2,1-5H3. The van der Waals surface area contributed by atoms with Crippen molar-refractivity contribution in [2.75, 3.05) is 13.2 Å². The Morgan fingerprint density at radius 1 is 1.26 bits per heavy atom. The largest absolute Gasteiger partial charge is 0.374 e. The van der Waals surface area contributed by atoms with Crippen LogP contribution in [0.25, 0.3) is 0 Å². The van der Waals surface area contributed by atoms with Gasteiger partial charge in [0.25, 0.3) is 0 Å². The van der Waals surface area contributed by atoms with Crippen LogP contribution >= 0.6 is 0 Å². The Morgan fingerprint density at radius 2 is 1.95 bits per heavy atom. The zero-order chi connectivity index (χ0) is 14.5. The summed E-state index contributed by atoms with van der Waals surface area (Å²) in [5.74, 6) is -0.189. The van der Waals surface area contributed by atoms with Gasteiger partial charge in [-0.2, -0.15) is 0 Å². The first kappa shape index (κ1) is 16.1. The Labute approximate surface area is 116 Å². The second-order valence-corrected chi connectivity index (χ2v) is 5.49. The molecule has 108 valence electrons. The summed E-state index contributed by atoms with van der Waals surface area (Å²) in [6.07, 6.45) is 1.03. The van der Waals surface area contributed by atoms with Crippen molar-refractivity contribution in [1.29, 1.82) is 0 Å². The van der Waals surface area contributed by atoms with Crippen molar-refractivity contribution < 1.29 is 9.13 Å². The lowest BCUT2D eigenvalue weighted by atomic mass is 9.90. The Hall–Kier alpha value is -0.930. The van der Waals surface area contributed by atoms with Crippen molar-refractivity contribution in [3.8, 4) is 0 Å². The Morgan fingerprint density at radius 3 is 2.47 bits per heavy atom. The van der Waals surface area contributed by atoms with Crippen LogP contribution in [0.4, 0.5) is 4.39 Å². The van der Waals surface area contributed by atoms with Gasteiger partial charge in [-0.1, -0.05) is 13.0 Å². The van der Waals surface area contributed by atoms with Crippen molar-refractivity contribution in [2.24, 2.45) is 0 Å². The molecule has 1 rings (SSSR count). The molecule has 0 saturated heterocycles. The number of nitrogens with one attached hydrogen (secondary N) is 1. The van der Waals surface area contributed by atoms with E-state index in [4.69, 9.17) is 4.74 Å². The fourth-order valence-electron chi connectivity index (χ4n) is 2.44. The molecule has 0 amide bonds. The molecule has 0 fully saturated rings. The molecular weight excluding hydrogens is 241 g/mol. The number of hydrogen-bond donors (Lipinski definition) is 1. The minimum atomic E-state index is -0.371. The van der Waals surface area contributed by atoms with Crippen LogP contribution in [0, 0.1) is 12.7 Å². The van der Waals surface area contributed by atoms with E-state index in [0.29, 0.717) is 6.61 Å². The van der Waals surface area contributed by atoms with Gasteiger partial charge < -0.3 is 10.1 Å². The summed E-state index contributed by atoms with van der Waals surface area (Å²) in [4.78, 5) is 0. The van der Waals surface area contributed by atoms with Gasteiger partial charge in [-0.3, -0.25) is 0 Å². The molecule has 0 aliphatic rings. The summed E-state index contributed by atoms with van der Waals surface area (Å²) in [5.41, 5.74) is 1.51. The Balaban J connectivity index is 3.07. The first-order chi connectivity index (χ1) is 8.90. The average Bonchev–Trinajstić information content (AvgIpc) is 2.27. The van der Waals surface area contributed by atoms with E-state index < -0.39 is 0 Å². The van der Waals surface area contributed by atoms with Crippen molar-refractivity contribution in [1.82, 2.24) is 5.32 Å². The van der Waals surface area contributed by atoms with Crippen LogP contribution in [-0.4, -0.2) is 18.8 Å². The van der Waals surface area contributed by atoms with Gasteiger partial charge in [0.1, 0.15) is 5.82 Å². The minimum absolute atomic E-state index is 0.0122. The lowest BCUT2D eigenvalue weighted by Gasteiger charge is -2.35. The maximum atomic E-state index is 13.6. The summed E-state index contributed by atoms with van der Waals surface area (Å²) in [5, 5.41) is 3.47. The van der Waals surface area contributed by atoms with Gasteiger partial charge in [0.2, 0.25) is 0 Å². The molecule has 0 heterocycles. The molecule has 19 heavy (non-hydrogen) atoms. The van der Waals surface area contributed by atoms with Gasteiger partial charge >= 0.3 is 0 Å². The Kier molecular flexibility index (Phi) is 5.95. The van der Waals surface area contributed by atoms with Gasteiger partial charge in [-0.25, -0.2) is 4.39 Å². The summed E-state index contributed by atoms with van der Waals surface area (Å²) >= 11 is 0. The molecular formula is C16H26FNO.